The molecule has 2 atom stereocenters. The number of pyridine rings is 1. The highest BCUT2D eigenvalue weighted by atomic mass is 32.2. The molecule has 0 aliphatic carbocycles. The summed E-state index contributed by atoms with van der Waals surface area (Å²) in [6.07, 6.45) is -5.38. The molecule has 0 spiro atoms. The fraction of sp³-hybridized carbons (Fsp3) is 0.368. The van der Waals surface area contributed by atoms with Crippen LogP contribution in [0.3, 0.4) is 0 Å². The smallest absolute Gasteiger partial charge is 0.419 e. The van der Waals surface area contributed by atoms with Crippen LogP contribution in [0.1, 0.15) is 13.3 Å². The van der Waals surface area contributed by atoms with Crippen molar-refractivity contribution < 1.29 is 45.0 Å². The normalized spacial score (nSPS) is 23.1. The summed E-state index contributed by atoms with van der Waals surface area (Å²) in [5.41, 5.74) is -6.18. The number of alkyl halides is 3. The van der Waals surface area contributed by atoms with Crippen molar-refractivity contribution in [3.05, 3.63) is 42.1 Å². The molecule has 0 radical (unpaired) electrons. The average molecular weight is 510 g/mol. The Balaban J connectivity index is 2.10. The van der Waals surface area contributed by atoms with Gasteiger partial charge in [-0.15, -0.1) is 0 Å². The van der Waals surface area contributed by atoms with Crippen molar-refractivity contribution >= 4 is 27.3 Å². The molecule has 1 aliphatic heterocycles. The number of sulfonamides is 1. The molecule has 1 unspecified atom stereocenters. The highest BCUT2D eigenvalue weighted by Gasteiger charge is 2.66. The first-order chi connectivity index (χ1) is 15.5. The Kier molecular flexibility index (Phi) is 6.26. The number of nitrogens with two attached hydrogens (primary N) is 1. The van der Waals surface area contributed by atoms with Gasteiger partial charge in [-0.1, -0.05) is 0 Å². The van der Waals surface area contributed by atoms with E-state index in [4.69, 9.17) is 9.88 Å². The van der Waals surface area contributed by atoms with Crippen LogP contribution in [0, 0.1) is 11.6 Å². The lowest BCUT2D eigenvalue weighted by molar-refractivity contribution is -0.252. The zero-order valence-corrected chi connectivity index (χ0v) is 18.5. The van der Waals surface area contributed by atoms with Gasteiger partial charge >= 0.3 is 6.18 Å². The monoisotopic (exact) mass is 510 g/mol. The van der Waals surface area contributed by atoms with Gasteiger partial charge in [-0.3, -0.25) is 4.79 Å². The quantitative estimate of drug-likeness (QED) is 0.523. The maximum Gasteiger partial charge on any atom is 0.419 e. The van der Waals surface area contributed by atoms with E-state index in [9.17, 15) is 40.3 Å². The number of hydrogen-bond donors (Lipinski definition) is 3. The number of benzene rings is 1. The molecular formula is C19H19F5N4O5S. The summed E-state index contributed by atoms with van der Waals surface area (Å²) < 4.78 is 97.0. The predicted molar refractivity (Wildman–Crippen MR) is 109 cm³/mol. The molecule has 15 heteroatoms. The Morgan fingerprint density at radius 1 is 1.29 bits per heavy atom. The first-order valence-electron chi connectivity index (χ1n) is 9.42. The van der Waals surface area contributed by atoms with Gasteiger partial charge in [-0.05, 0) is 25.1 Å². The summed E-state index contributed by atoms with van der Waals surface area (Å²) in [6.45, 7) is -0.158. The van der Waals surface area contributed by atoms with Crippen LogP contribution in [0.4, 0.5) is 33.3 Å². The number of β-amino-alcohol motifs (C(OH)–C–C–N with tert-alkyl or cyclic N) is 1. The number of carbonyl (C=O) groups is 1. The number of anilines is 2. The predicted octanol–water partition coefficient (Wildman–Crippen LogP) is 1.92. The number of ether oxygens (including phenoxy) is 1. The van der Waals surface area contributed by atoms with Gasteiger partial charge in [0.2, 0.25) is 11.7 Å². The van der Waals surface area contributed by atoms with E-state index in [-0.39, 0.29) is 5.69 Å². The molecule has 4 N–H and O–H groups in total. The average Bonchev–Trinajstić information content (AvgIpc) is 3.02. The number of carbonyl (C=O) groups excluding carboxylic acids is 1. The van der Waals surface area contributed by atoms with Gasteiger partial charge in [-0.2, -0.15) is 17.6 Å². The lowest BCUT2D eigenvalue weighted by Gasteiger charge is -2.36. The summed E-state index contributed by atoms with van der Waals surface area (Å²) in [5, 5.41) is 17.0. The van der Waals surface area contributed by atoms with Gasteiger partial charge in [0.05, 0.1) is 19.3 Å². The van der Waals surface area contributed by atoms with Crippen molar-refractivity contribution in [2.24, 2.45) is 5.14 Å². The number of nitrogens with zero attached hydrogens (tertiary/aromatic N) is 2. The van der Waals surface area contributed by atoms with E-state index >= 15 is 0 Å². The lowest BCUT2D eigenvalue weighted by atomic mass is 9.89. The third-order valence-corrected chi connectivity index (χ3v) is 6.28. The number of aliphatic hydroxyl groups is 1. The molecule has 1 fully saturated rings. The van der Waals surface area contributed by atoms with E-state index in [1.807, 2.05) is 0 Å². The van der Waals surface area contributed by atoms with E-state index in [1.165, 1.54) is 0 Å². The second-order valence-electron chi connectivity index (χ2n) is 7.86. The summed E-state index contributed by atoms with van der Waals surface area (Å²) in [4.78, 5) is 17.5. The van der Waals surface area contributed by atoms with Crippen LogP contribution < -0.4 is 20.1 Å². The van der Waals surface area contributed by atoms with Gasteiger partial charge in [-0.25, -0.2) is 22.9 Å². The molecule has 1 aromatic heterocycles. The Hall–Kier alpha value is -3.04. The maximum absolute atomic E-state index is 14.3. The van der Waals surface area contributed by atoms with Crippen LogP contribution in [0.2, 0.25) is 0 Å². The maximum atomic E-state index is 14.3. The van der Waals surface area contributed by atoms with Crippen molar-refractivity contribution in [1.82, 2.24) is 4.98 Å². The zero-order chi connectivity index (χ0) is 25.7. The first kappa shape index (κ1) is 25.6. The van der Waals surface area contributed by atoms with Crippen molar-refractivity contribution in [3.63, 3.8) is 0 Å². The lowest BCUT2D eigenvalue weighted by Crippen LogP contribution is -2.51. The van der Waals surface area contributed by atoms with E-state index in [1.54, 1.807) is 0 Å². The molecule has 3 rings (SSSR count). The molecule has 2 heterocycles. The van der Waals surface area contributed by atoms with Crippen LogP contribution in [0.5, 0.6) is 5.75 Å². The van der Waals surface area contributed by atoms with Crippen molar-refractivity contribution in [3.8, 4) is 5.75 Å². The number of halogens is 5. The van der Waals surface area contributed by atoms with Crippen LogP contribution >= 0.6 is 0 Å². The van der Waals surface area contributed by atoms with Crippen LogP contribution in [-0.4, -0.2) is 55.4 Å². The van der Waals surface area contributed by atoms with Gasteiger partial charge in [0, 0.05) is 24.4 Å². The van der Waals surface area contributed by atoms with E-state index in [2.05, 4.69) is 10.3 Å². The van der Waals surface area contributed by atoms with Crippen LogP contribution in [0.25, 0.3) is 0 Å². The fourth-order valence-corrected chi connectivity index (χ4v) is 4.24. The van der Waals surface area contributed by atoms with Gasteiger partial charge in [0.25, 0.3) is 10.0 Å². The second-order valence-corrected chi connectivity index (χ2v) is 9.37. The molecule has 34 heavy (non-hydrogen) atoms. The summed E-state index contributed by atoms with van der Waals surface area (Å²) >= 11 is 0. The van der Waals surface area contributed by atoms with Gasteiger partial charge < -0.3 is 20.1 Å². The first-order valence-corrected chi connectivity index (χ1v) is 11.0. The third-order valence-electron chi connectivity index (χ3n) is 5.48. The number of amides is 1. The number of hydrogen-bond acceptors (Lipinski definition) is 7. The van der Waals surface area contributed by atoms with Crippen molar-refractivity contribution in [2.45, 2.75) is 35.7 Å². The molecular weight excluding hydrogens is 491 g/mol. The second kappa shape index (κ2) is 8.32. The highest BCUT2D eigenvalue weighted by Crippen LogP contribution is 2.49. The largest absolute Gasteiger partial charge is 0.491 e. The molecule has 1 saturated heterocycles. The van der Waals surface area contributed by atoms with Crippen molar-refractivity contribution in [1.29, 1.82) is 0 Å². The fourth-order valence-electron chi connectivity index (χ4n) is 3.74. The highest BCUT2D eigenvalue weighted by molar-refractivity contribution is 7.89. The number of rotatable bonds is 5. The number of primary sulfonamides is 1. The third kappa shape index (κ3) is 4.37. The minimum Gasteiger partial charge on any atom is -0.491 e. The molecule has 9 nitrogen and oxygen atoms in total. The summed E-state index contributed by atoms with van der Waals surface area (Å²) in [6, 6.07) is 3.58. The topological polar surface area (TPSA) is 135 Å². The van der Waals surface area contributed by atoms with Gasteiger partial charge in [0.1, 0.15) is 5.54 Å². The summed E-state index contributed by atoms with van der Waals surface area (Å²) in [7, 11) is -3.31. The Bertz CT molecular complexity index is 1240. The standard InChI is InChI=1S/C19H19F5N4O5S/c1-17(16(29)27-10-5-6-26-13(7-10)34(25,31)32)8-18(30,19(22,23)24)9-28(17)12-4-3-11(20)14(21)15(12)33-2/h3-7,30H,8-9H2,1-2H3,(H2,25,31,32)(H,26,27,29)/t17?,18-/m1/s1. The number of aromatic nitrogens is 1. The SMILES string of the molecule is COc1c(N2C[C@@](O)(C(F)(F)F)CC2(C)C(=O)Nc2ccnc(S(N)(=O)=O)c2)ccc(F)c1F. The van der Waals surface area contributed by atoms with Crippen LogP contribution in [-0.2, 0) is 14.8 Å². The molecule has 0 saturated carbocycles. The van der Waals surface area contributed by atoms with E-state index in [0.29, 0.717) is 6.07 Å². The molecule has 1 aromatic carbocycles. The van der Waals surface area contributed by atoms with Crippen molar-refractivity contribution in [2.75, 3.05) is 23.9 Å². The van der Waals surface area contributed by atoms with Crippen LogP contribution in [0.15, 0.2) is 35.5 Å². The minimum atomic E-state index is -5.19. The Labute approximate surface area is 190 Å². The Morgan fingerprint density at radius 3 is 2.50 bits per heavy atom. The van der Waals surface area contributed by atoms with Gasteiger partial charge in [0.15, 0.2) is 22.2 Å². The number of methoxy groups -OCH3 is 1. The van der Waals surface area contributed by atoms with E-state index < -0.39 is 74.3 Å². The Morgan fingerprint density at radius 2 is 1.94 bits per heavy atom. The molecule has 0 bridgehead atoms. The molecule has 2 aromatic rings. The molecule has 186 valence electrons. The number of nitrogens with one attached hydrogen (secondary N) is 1. The molecule has 1 amide bonds. The zero-order valence-electron chi connectivity index (χ0n) is 17.7. The summed E-state index contributed by atoms with van der Waals surface area (Å²) in [5.74, 6) is -4.74. The minimum absolute atomic E-state index is 0.176. The molecule has 1 aliphatic rings. The van der Waals surface area contributed by atoms with E-state index in [0.717, 1.165) is 43.3 Å².